The van der Waals surface area contributed by atoms with Crippen molar-refractivity contribution in [2.75, 3.05) is 32.7 Å². The lowest BCUT2D eigenvalue weighted by Crippen LogP contribution is -2.55. The van der Waals surface area contributed by atoms with E-state index in [9.17, 15) is 32.3 Å². The lowest BCUT2D eigenvalue weighted by Gasteiger charge is -2.35. The second-order valence-corrected chi connectivity index (χ2v) is 6.97. The maximum atomic E-state index is 12.4. The molecule has 0 spiro atoms. The van der Waals surface area contributed by atoms with Gasteiger partial charge in [0.2, 0.25) is 5.91 Å². The minimum absolute atomic E-state index is 0.102. The van der Waals surface area contributed by atoms with Gasteiger partial charge in [-0.2, -0.15) is 13.2 Å². The molecule has 1 aromatic carbocycles. The molecular formula is C16H13BrF3N3O4. The number of benzene rings is 1. The van der Waals surface area contributed by atoms with Crippen molar-refractivity contribution < 1.29 is 32.3 Å². The van der Waals surface area contributed by atoms with E-state index >= 15 is 0 Å². The summed E-state index contributed by atoms with van der Waals surface area (Å²) in [5.41, 5.74) is 0.374. The number of piperazine rings is 1. The Hall–Kier alpha value is -2.43. The molecule has 0 radical (unpaired) electrons. The number of rotatable bonds is 2. The summed E-state index contributed by atoms with van der Waals surface area (Å²) in [6, 6.07) is 4.57. The third kappa shape index (κ3) is 3.68. The van der Waals surface area contributed by atoms with Gasteiger partial charge in [0.25, 0.3) is 11.8 Å². The molecule has 7 nitrogen and oxygen atoms in total. The maximum Gasteiger partial charge on any atom is 0.471 e. The molecule has 27 heavy (non-hydrogen) atoms. The van der Waals surface area contributed by atoms with Gasteiger partial charge >= 0.3 is 12.1 Å². The fraction of sp³-hybridized carbons (Fsp3) is 0.375. The molecule has 0 aromatic heterocycles. The van der Waals surface area contributed by atoms with Crippen molar-refractivity contribution in [1.29, 1.82) is 0 Å². The average Bonchev–Trinajstić information content (AvgIpc) is 2.84. The van der Waals surface area contributed by atoms with Gasteiger partial charge in [-0.25, -0.2) is 0 Å². The standard InChI is InChI=1S/C16H13BrF3N3O4/c17-9-1-2-10-11(7-9)14(26)23(13(10)25)8-12(24)21-3-5-22(6-4-21)15(27)16(18,19)20/h1-2,7H,3-6,8H2. The number of fused-ring (bicyclic) bond motifs is 1. The Kier molecular flexibility index (Phi) is 4.98. The minimum Gasteiger partial charge on any atom is -0.338 e. The first-order valence-corrected chi connectivity index (χ1v) is 8.68. The predicted octanol–water partition coefficient (Wildman–Crippen LogP) is 1.28. The summed E-state index contributed by atoms with van der Waals surface area (Å²) in [7, 11) is 0. The van der Waals surface area contributed by atoms with Gasteiger partial charge in [-0.05, 0) is 18.2 Å². The highest BCUT2D eigenvalue weighted by molar-refractivity contribution is 9.10. The molecule has 0 atom stereocenters. The van der Waals surface area contributed by atoms with Crippen LogP contribution in [0.25, 0.3) is 0 Å². The SMILES string of the molecule is O=C(CN1C(=O)c2ccc(Br)cc2C1=O)N1CCN(C(=O)C(F)(F)F)CC1. The quantitative estimate of drug-likeness (QED) is 0.639. The van der Waals surface area contributed by atoms with Gasteiger partial charge in [-0.1, -0.05) is 15.9 Å². The van der Waals surface area contributed by atoms with Crippen LogP contribution in [0.4, 0.5) is 13.2 Å². The van der Waals surface area contributed by atoms with Crippen molar-refractivity contribution in [2.24, 2.45) is 0 Å². The van der Waals surface area contributed by atoms with Crippen LogP contribution in [-0.2, 0) is 9.59 Å². The zero-order valence-electron chi connectivity index (χ0n) is 13.8. The Labute approximate surface area is 159 Å². The number of nitrogens with zero attached hydrogens (tertiary/aromatic N) is 3. The molecule has 1 aromatic rings. The van der Waals surface area contributed by atoms with Crippen LogP contribution in [-0.4, -0.2) is 77.2 Å². The summed E-state index contributed by atoms with van der Waals surface area (Å²) in [6.45, 7) is -1.24. The smallest absolute Gasteiger partial charge is 0.338 e. The molecule has 2 aliphatic rings. The van der Waals surface area contributed by atoms with Crippen LogP contribution in [0.5, 0.6) is 0 Å². The molecule has 2 heterocycles. The van der Waals surface area contributed by atoms with Gasteiger partial charge in [0.1, 0.15) is 6.54 Å². The molecule has 2 aliphatic heterocycles. The van der Waals surface area contributed by atoms with Crippen molar-refractivity contribution >= 4 is 39.6 Å². The van der Waals surface area contributed by atoms with Gasteiger partial charge in [0.05, 0.1) is 11.1 Å². The molecule has 0 bridgehead atoms. The summed E-state index contributed by atoms with van der Waals surface area (Å²) in [5.74, 6) is -3.71. The van der Waals surface area contributed by atoms with Crippen molar-refractivity contribution in [3.63, 3.8) is 0 Å². The van der Waals surface area contributed by atoms with Gasteiger partial charge in [-0.3, -0.25) is 24.1 Å². The summed E-state index contributed by atoms with van der Waals surface area (Å²) in [5, 5.41) is 0. The van der Waals surface area contributed by atoms with E-state index < -0.39 is 36.3 Å². The molecule has 11 heteroatoms. The Balaban J connectivity index is 1.62. The number of halogens is 4. The lowest BCUT2D eigenvalue weighted by molar-refractivity contribution is -0.187. The molecule has 3 rings (SSSR count). The number of carbonyl (C=O) groups is 4. The van der Waals surface area contributed by atoms with Crippen LogP contribution >= 0.6 is 15.9 Å². The van der Waals surface area contributed by atoms with Crippen LogP contribution in [0.1, 0.15) is 20.7 Å². The second kappa shape index (κ2) is 6.95. The number of imide groups is 1. The molecule has 1 fully saturated rings. The minimum atomic E-state index is -4.96. The average molecular weight is 448 g/mol. The van der Waals surface area contributed by atoms with Crippen molar-refractivity contribution in [3.05, 3.63) is 33.8 Å². The molecule has 144 valence electrons. The topological polar surface area (TPSA) is 78.0 Å². The predicted molar refractivity (Wildman–Crippen MR) is 88.7 cm³/mol. The molecule has 1 saturated heterocycles. The van der Waals surface area contributed by atoms with Crippen molar-refractivity contribution in [1.82, 2.24) is 14.7 Å². The third-order valence-corrected chi connectivity index (χ3v) is 4.88. The van der Waals surface area contributed by atoms with E-state index in [4.69, 9.17) is 0 Å². The largest absolute Gasteiger partial charge is 0.471 e. The fourth-order valence-electron chi connectivity index (χ4n) is 2.98. The Morgan fingerprint density at radius 2 is 1.52 bits per heavy atom. The lowest BCUT2D eigenvalue weighted by atomic mass is 10.1. The summed E-state index contributed by atoms with van der Waals surface area (Å²) in [4.78, 5) is 51.0. The van der Waals surface area contributed by atoms with Gasteiger partial charge in [0.15, 0.2) is 0 Å². The molecule has 4 amide bonds. The number of alkyl halides is 3. The van der Waals surface area contributed by atoms with E-state index in [1.165, 1.54) is 17.0 Å². The van der Waals surface area contributed by atoms with E-state index in [1.54, 1.807) is 6.07 Å². The second-order valence-electron chi connectivity index (χ2n) is 6.06. The van der Waals surface area contributed by atoms with E-state index in [2.05, 4.69) is 15.9 Å². The monoisotopic (exact) mass is 447 g/mol. The Bertz CT molecular complexity index is 835. The van der Waals surface area contributed by atoms with Gasteiger partial charge in [-0.15, -0.1) is 0 Å². The van der Waals surface area contributed by atoms with E-state index in [0.29, 0.717) is 9.37 Å². The maximum absolute atomic E-state index is 12.4. The highest BCUT2D eigenvalue weighted by Gasteiger charge is 2.44. The van der Waals surface area contributed by atoms with Crippen LogP contribution < -0.4 is 0 Å². The molecule has 0 saturated carbocycles. The number of hydrogen-bond acceptors (Lipinski definition) is 4. The highest BCUT2D eigenvalue weighted by Crippen LogP contribution is 2.26. The molecule has 0 aliphatic carbocycles. The van der Waals surface area contributed by atoms with Crippen molar-refractivity contribution in [2.45, 2.75) is 6.18 Å². The van der Waals surface area contributed by atoms with Crippen molar-refractivity contribution in [3.8, 4) is 0 Å². The number of carbonyl (C=O) groups excluding carboxylic acids is 4. The molecular weight excluding hydrogens is 435 g/mol. The summed E-state index contributed by atoms with van der Waals surface area (Å²) >= 11 is 3.21. The number of amides is 4. The summed E-state index contributed by atoms with van der Waals surface area (Å²) < 4.78 is 38.0. The van der Waals surface area contributed by atoms with Crippen LogP contribution in [0.3, 0.4) is 0 Å². The Morgan fingerprint density at radius 3 is 2.11 bits per heavy atom. The van der Waals surface area contributed by atoms with Crippen LogP contribution in [0.2, 0.25) is 0 Å². The first-order valence-electron chi connectivity index (χ1n) is 7.89. The van der Waals surface area contributed by atoms with Gasteiger partial charge < -0.3 is 9.80 Å². The highest BCUT2D eigenvalue weighted by atomic mass is 79.9. The molecule has 0 N–H and O–H groups in total. The van der Waals surface area contributed by atoms with E-state index in [1.807, 2.05) is 0 Å². The zero-order chi connectivity index (χ0) is 19.9. The van der Waals surface area contributed by atoms with Gasteiger partial charge in [0, 0.05) is 30.7 Å². The zero-order valence-corrected chi connectivity index (χ0v) is 15.3. The normalized spacial score (nSPS) is 17.4. The molecule has 0 unspecified atom stereocenters. The van der Waals surface area contributed by atoms with E-state index in [0.717, 1.165) is 4.90 Å². The Morgan fingerprint density at radius 1 is 0.963 bits per heavy atom. The third-order valence-electron chi connectivity index (χ3n) is 4.39. The van der Waals surface area contributed by atoms with Crippen LogP contribution in [0.15, 0.2) is 22.7 Å². The fourth-order valence-corrected chi connectivity index (χ4v) is 3.34. The van der Waals surface area contributed by atoms with Crippen LogP contribution in [0, 0.1) is 0 Å². The number of hydrogen-bond donors (Lipinski definition) is 0. The first kappa shape index (κ1) is 19.3. The first-order chi connectivity index (χ1) is 12.6. The summed E-state index contributed by atoms with van der Waals surface area (Å²) in [6.07, 6.45) is -4.96. The van der Waals surface area contributed by atoms with E-state index in [-0.39, 0.29) is 37.3 Å².